The van der Waals surface area contributed by atoms with Crippen molar-refractivity contribution in [3.8, 4) is 5.75 Å². The van der Waals surface area contributed by atoms with Gasteiger partial charge >= 0.3 is 0 Å². The molecule has 0 radical (unpaired) electrons. The predicted octanol–water partition coefficient (Wildman–Crippen LogP) is 2.25. The molecule has 3 N–H and O–H groups in total. The van der Waals surface area contributed by atoms with Crippen molar-refractivity contribution in [1.82, 2.24) is 0 Å². The predicted molar refractivity (Wildman–Crippen MR) is 65.5 cm³/mol. The van der Waals surface area contributed by atoms with Crippen molar-refractivity contribution in [1.29, 1.82) is 0 Å². The van der Waals surface area contributed by atoms with E-state index in [9.17, 15) is 5.11 Å². The Labute approximate surface area is 97.2 Å². The highest BCUT2D eigenvalue weighted by molar-refractivity contribution is 5.28. The summed E-state index contributed by atoms with van der Waals surface area (Å²) in [7, 11) is 0. The first-order chi connectivity index (χ1) is 7.38. The Morgan fingerprint density at radius 2 is 1.88 bits per heavy atom. The Hall–Kier alpha value is -1.06. The van der Waals surface area contributed by atoms with Crippen LogP contribution in [0.5, 0.6) is 5.75 Å². The molecule has 0 heterocycles. The van der Waals surface area contributed by atoms with Crippen LogP contribution in [0.2, 0.25) is 0 Å². The molecule has 0 fully saturated rings. The summed E-state index contributed by atoms with van der Waals surface area (Å²) in [4.78, 5) is 0. The minimum absolute atomic E-state index is 0.0467. The molecule has 0 spiro atoms. The highest BCUT2D eigenvalue weighted by atomic mass is 16.5. The molecule has 16 heavy (non-hydrogen) atoms. The molecule has 1 atom stereocenters. The van der Waals surface area contributed by atoms with Gasteiger partial charge < -0.3 is 15.6 Å². The molecular formula is C13H21NO2. The molecule has 0 bridgehead atoms. The van der Waals surface area contributed by atoms with Crippen LogP contribution >= 0.6 is 0 Å². The minimum Gasteiger partial charge on any atom is -0.493 e. The van der Waals surface area contributed by atoms with Gasteiger partial charge in [0.1, 0.15) is 5.75 Å². The van der Waals surface area contributed by atoms with E-state index >= 15 is 0 Å². The summed E-state index contributed by atoms with van der Waals surface area (Å²) in [6.07, 6.45) is 0.613. The van der Waals surface area contributed by atoms with Crippen molar-refractivity contribution in [3.05, 3.63) is 29.8 Å². The zero-order valence-electron chi connectivity index (χ0n) is 10.2. The van der Waals surface area contributed by atoms with E-state index in [2.05, 4.69) is 0 Å². The minimum atomic E-state index is -0.675. The number of nitrogens with two attached hydrogens (primary N) is 1. The molecule has 1 rings (SSSR count). The van der Waals surface area contributed by atoms with Gasteiger partial charge in [-0.25, -0.2) is 0 Å². The van der Waals surface area contributed by atoms with Gasteiger partial charge in [-0.3, -0.25) is 0 Å². The largest absolute Gasteiger partial charge is 0.493 e. The molecule has 0 aliphatic heterocycles. The third-order valence-electron chi connectivity index (χ3n) is 2.39. The lowest BCUT2D eigenvalue weighted by atomic mass is 10.1. The average molecular weight is 223 g/mol. The van der Waals surface area contributed by atoms with E-state index in [1.54, 1.807) is 13.8 Å². The second-order valence-electron chi connectivity index (χ2n) is 4.77. The number of aliphatic hydroxyl groups is 1. The summed E-state index contributed by atoms with van der Waals surface area (Å²) >= 11 is 0. The SMILES string of the molecule is C[C@H](N)c1ccc(OCCC(C)(C)O)cc1. The number of hydrogen-bond donors (Lipinski definition) is 2. The summed E-state index contributed by atoms with van der Waals surface area (Å²) in [5, 5.41) is 9.52. The molecule has 90 valence electrons. The van der Waals surface area contributed by atoms with Crippen LogP contribution in [0.3, 0.4) is 0 Å². The fraction of sp³-hybridized carbons (Fsp3) is 0.538. The van der Waals surface area contributed by atoms with Crippen molar-refractivity contribution in [2.75, 3.05) is 6.61 Å². The normalized spacial score (nSPS) is 13.6. The monoisotopic (exact) mass is 223 g/mol. The third-order valence-corrected chi connectivity index (χ3v) is 2.39. The summed E-state index contributed by atoms with van der Waals surface area (Å²) in [5.74, 6) is 0.814. The van der Waals surface area contributed by atoms with Crippen LogP contribution in [0.15, 0.2) is 24.3 Å². The summed E-state index contributed by atoms with van der Waals surface area (Å²) in [6, 6.07) is 7.78. The molecule has 0 aliphatic carbocycles. The van der Waals surface area contributed by atoms with Crippen LogP contribution in [-0.2, 0) is 0 Å². The van der Waals surface area contributed by atoms with E-state index in [1.165, 1.54) is 0 Å². The molecule has 0 saturated heterocycles. The second kappa shape index (κ2) is 5.32. The summed E-state index contributed by atoms with van der Waals surface area (Å²) < 4.78 is 5.52. The van der Waals surface area contributed by atoms with Gasteiger partial charge in [-0.1, -0.05) is 12.1 Å². The highest BCUT2D eigenvalue weighted by Gasteiger charge is 2.11. The van der Waals surface area contributed by atoms with E-state index < -0.39 is 5.60 Å². The van der Waals surface area contributed by atoms with Crippen molar-refractivity contribution in [2.24, 2.45) is 5.73 Å². The van der Waals surface area contributed by atoms with Gasteiger partial charge in [0.2, 0.25) is 0 Å². The standard InChI is InChI=1S/C13H21NO2/c1-10(14)11-4-6-12(7-5-11)16-9-8-13(2,3)15/h4-7,10,15H,8-9,14H2,1-3H3/t10-/m0/s1. The maximum absolute atomic E-state index is 9.52. The van der Waals surface area contributed by atoms with Crippen molar-refractivity contribution in [3.63, 3.8) is 0 Å². The third kappa shape index (κ3) is 4.64. The Balaban J connectivity index is 2.44. The van der Waals surface area contributed by atoms with Crippen molar-refractivity contribution < 1.29 is 9.84 Å². The zero-order valence-corrected chi connectivity index (χ0v) is 10.2. The molecule has 0 amide bonds. The van der Waals surface area contributed by atoms with Gasteiger partial charge in [0.15, 0.2) is 0 Å². The van der Waals surface area contributed by atoms with Crippen LogP contribution in [0, 0.1) is 0 Å². The van der Waals surface area contributed by atoms with Crippen molar-refractivity contribution in [2.45, 2.75) is 38.8 Å². The molecule has 1 aromatic carbocycles. The molecular weight excluding hydrogens is 202 g/mol. The van der Waals surface area contributed by atoms with Gasteiger partial charge in [-0.15, -0.1) is 0 Å². The molecule has 3 heteroatoms. The maximum Gasteiger partial charge on any atom is 0.119 e. The smallest absolute Gasteiger partial charge is 0.119 e. The molecule has 0 aliphatic rings. The Bertz CT molecular complexity index is 312. The van der Waals surface area contributed by atoms with Gasteiger partial charge in [-0.05, 0) is 38.5 Å². The van der Waals surface area contributed by atoms with Crippen LogP contribution in [-0.4, -0.2) is 17.3 Å². The van der Waals surface area contributed by atoms with Crippen molar-refractivity contribution >= 4 is 0 Å². The summed E-state index contributed by atoms with van der Waals surface area (Å²) in [5.41, 5.74) is 6.16. The van der Waals surface area contributed by atoms with E-state index in [4.69, 9.17) is 10.5 Å². The highest BCUT2D eigenvalue weighted by Crippen LogP contribution is 2.17. The number of ether oxygens (including phenoxy) is 1. The second-order valence-corrected chi connectivity index (χ2v) is 4.77. The first kappa shape index (κ1) is 13.0. The molecule has 1 aromatic rings. The van der Waals surface area contributed by atoms with E-state index in [0.717, 1.165) is 11.3 Å². The number of hydrogen-bond acceptors (Lipinski definition) is 3. The van der Waals surface area contributed by atoms with Gasteiger partial charge in [0.25, 0.3) is 0 Å². The lowest BCUT2D eigenvalue weighted by Gasteiger charge is -2.17. The topological polar surface area (TPSA) is 55.5 Å². The lowest BCUT2D eigenvalue weighted by molar-refractivity contribution is 0.0553. The lowest BCUT2D eigenvalue weighted by Crippen LogP contribution is -2.21. The van der Waals surface area contributed by atoms with E-state index in [1.807, 2.05) is 31.2 Å². The average Bonchev–Trinajstić information content (AvgIpc) is 2.16. The summed E-state index contributed by atoms with van der Waals surface area (Å²) in [6.45, 7) is 6.01. The first-order valence-electron chi connectivity index (χ1n) is 5.59. The molecule has 0 saturated carbocycles. The number of benzene rings is 1. The van der Waals surface area contributed by atoms with Crippen LogP contribution < -0.4 is 10.5 Å². The van der Waals surface area contributed by atoms with Crippen LogP contribution in [0.1, 0.15) is 38.8 Å². The molecule has 0 unspecified atom stereocenters. The first-order valence-corrected chi connectivity index (χ1v) is 5.59. The van der Waals surface area contributed by atoms with Gasteiger partial charge in [0, 0.05) is 12.5 Å². The van der Waals surface area contributed by atoms with Gasteiger partial charge in [0.05, 0.1) is 12.2 Å². The van der Waals surface area contributed by atoms with E-state index in [0.29, 0.717) is 13.0 Å². The number of rotatable bonds is 5. The fourth-order valence-corrected chi connectivity index (χ4v) is 1.29. The Kier molecular flexibility index (Phi) is 4.33. The Morgan fingerprint density at radius 3 is 2.31 bits per heavy atom. The Morgan fingerprint density at radius 1 is 1.31 bits per heavy atom. The van der Waals surface area contributed by atoms with Crippen LogP contribution in [0.4, 0.5) is 0 Å². The van der Waals surface area contributed by atoms with Gasteiger partial charge in [-0.2, -0.15) is 0 Å². The maximum atomic E-state index is 9.52. The van der Waals surface area contributed by atoms with E-state index in [-0.39, 0.29) is 6.04 Å². The van der Waals surface area contributed by atoms with Crippen LogP contribution in [0.25, 0.3) is 0 Å². The zero-order chi connectivity index (χ0) is 12.2. The molecule has 3 nitrogen and oxygen atoms in total. The quantitative estimate of drug-likeness (QED) is 0.805. The molecule has 0 aromatic heterocycles. The fourth-order valence-electron chi connectivity index (χ4n) is 1.29.